The lowest BCUT2D eigenvalue weighted by atomic mass is 9.99. The number of carbonyl (C=O) groups is 1. The summed E-state index contributed by atoms with van der Waals surface area (Å²) in [7, 11) is -6.13. The molecule has 0 heterocycles. The van der Waals surface area contributed by atoms with Crippen LogP contribution in [0.5, 0.6) is 5.75 Å². The first-order valence-electron chi connectivity index (χ1n) is 7.84. The number of hydrogen-bond donors (Lipinski definition) is 0. The molecule has 6 nitrogen and oxygen atoms in total. The summed E-state index contributed by atoms with van der Waals surface area (Å²) in [6.45, 7) is 2.76. The van der Waals surface area contributed by atoms with Crippen LogP contribution in [-0.4, -0.2) is 43.6 Å². The highest BCUT2D eigenvalue weighted by molar-refractivity contribution is 7.86. The van der Waals surface area contributed by atoms with Gasteiger partial charge in [0.05, 0.1) is 6.61 Å². The maximum absolute atomic E-state index is 13.2. The molecular weight excluding hydrogens is 377 g/mol. The summed E-state index contributed by atoms with van der Waals surface area (Å²) in [4.78, 5) is 11.4. The van der Waals surface area contributed by atoms with Gasteiger partial charge in [-0.3, -0.25) is 0 Å². The fraction of sp³-hybridized carbons (Fsp3) is 0.562. The van der Waals surface area contributed by atoms with Gasteiger partial charge in [0.2, 0.25) is 0 Å². The minimum absolute atomic E-state index is 0.374. The average molecular weight is 397 g/mol. The second kappa shape index (κ2) is 9.22. The Morgan fingerprint density at radius 3 is 2.35 bits per heavy atom. The van der Waals surface area contributed by atoms with Crippen LogP contribution in [0.4, 0.5) is 13.2 Å². The molecule has 1 rings (SSSR count). The van der Waals surface area contributed by atoms with Gasteiger partial charge in [-0.25, -0.2) is 17.6 Å². The van der Waals surface area contributed by atoms with Crippen molar-refractivity contribution < 1.29 is 40.4 Å². The van der Waals surface area contributed by atoms with Crippen molar-refractivity contribution in [2.24, 2.45) is 0 Å². The lowest BCUT2D eigenvalue weighted by Crippen LogP contribution is -2.39. The van der Waals surface area contributed by atoms with Crippen LogP contribution < -0.4 is 4.74 Å². The maximum atomic E-state index is 13.2. The number of benzene rings is 1. The van der Waals surface area contributed by atoms with Gasteiger partial charge < -0.3 is 14.0 Å². The van der Waals surface area contributed by atoms with Crippen molar-refractivity contribution in [3.05, 3.63) is 29.8 Å². The molecule has 0 saturated carbocycles. The zero-order chi connectivity index (χ0) is 20.0. The van der Waals surface area contributed by atoms with Crippen LogP contribution in [0.25, 0.3) is 0 Å². The number of hydrogen-bond acceptors (Lipinski definition) is 6. The predicted molar refractivity (Wildman–Crippen MR) is 85.8 cm³/mol. The Morgan fingerprint density at radius 1 is 1.27 bits per heavy atom. The summed E-state index contributed by atoms with van der Waals surface area (Å²) in [6.07, 6.45) is -3.44. The third kappa shape index (κ3) is 6.17. The molecule has 0 spiro atoms. The lowest BCUT2D eigenvalue weighted by Gasteiger charge is -2.23. The first-order chi connectivity index (χ1) is 12.0. The van der Waals surface area contributed by atoms with Gasteiger partial charge in [0.25, 0.3) is 0 Å². The first kappa shape index (κ1) is 22.2. The highest BCUT2D eigenvalue weighted by Gasteiger charge is 2.47. The van der Waals surface area contributed by atoms with Gasteiger partial charge >= 0.3 is 11.2 Å². The van der Waals surface area contributed by atoms with E-state index in [9.17, 15) is 30.9 Å². The van der Waals surface area contributed by atoms with Crippen molar-refractivity contribution in [2.75, 3.05) is 13.2 Å². The maximum Gasteiger partial charge on any atom is 0.364 e. The van der Waals surface area contributed by atoms with Gasteiger partial charge in [-0.2, -0.15) is 8.78 Å². The van der Waals surface area contributed by atoms with Crippen molar-refractivity contribution in [3.8, 4) is 5.75 Å². The quantitative estimate of drug-likeness (QED) is 0.445. The monoisotopic (exact) mass is 397 g/mol. The van der Waals surface area contributed by atoms with E-state index in [2.05, 4.69) is 18.6 Å². The molecule has 0 radical (unpaired) electrons. The molecule has 1 aromatic rings. The van der Waals surface area contributed by atoms with E-state index in [4.69, 9.17) is 4.74 Å². The third-order valence-corrected chi connectivity index (χ3v) is 4.67. The van der Waals surface area contributed by atoms with Crippen LogP contribution in [-0.2, 0) is 19.6 Å². The molecule has 2 unspecified atom stereocenters. The molecule has 0 amide bonds. The Hall–Kier alpha value is -1.81. The number of halogens is 3. The van der Waals surface area contributed by atoms with Crippen molar-refractivity contribution in [1.29, 1.82) is 0 Å². The SMILES string of the molecule is CCC(C)c1ccc(OCC(=O)OCCC(F)C(F)(F)S(=O)(=O)[O-])cc1. The van der Waals surface area contributed by atoms with E-state index in [1.165, 1.54) is 0 Å². The van der Waals surface area contributed by atoms with Gasteiger partial charge in [0.15, 0.2) is 22.9 Å². The number of ether oxygens (including phenoxy) is 2. The van der Waals surface area contributed by atoms with E-state index in [0.717, 1.165) is 12.0 Å². The summed E-state index contributed by atoms with van der Waals surface area (Å²) < 4.78 is 79.4. The van der Waals surface area contributed by atoms with Crippen LogP contribution in [0.2, 0.25) is 0 Å². The highest BCUT2D eigenvalue weighted by atomic mass is 32.2. The molecule has 0 fully saturated rings. The fourth-order valence-corrected chi connectivity index (χ4v) is 2.34. The van der Waals surface area contributed by atoms with E-state index in [1.54, 1.807) is 12.1 Å². The average Bonchev–Trinajstić information content (AvgIpc) is 2.58. The Morgan fingerprint density at radius 2 is 1.85 bits per heavy atom. The molecule has 26 heavy (non-hydrogen) atoms. The van der Waals surface area contributed by atoms with E-state index in [-0.39, 0.29) is 0 Å². The predicted octanol–water partition coefficient (Wildman–Crippen LogP) is 2.99. The lowest BCUT2D eigenvalue weighted by molar-refractivity contribution is -0.147. The Kier molecular flexibility index (Phi) is 7.88. The fourth-order valence-electron chi connectivity index (χ4n) is 1.91. The second-order valence-electron chi connectivity index (χ2n) is 5.66. The molecule has 2 atom stereocenters. The summed E-state index contributed by atoms with van der Waals surface area (Å²) >= 11 is 0. The topological polar surface area (TPSA) is 92.7 Å². The molecule has 0 aliphatic heterocycles. The van der Waals surface area contributed by atoms with Crippen LogP contribution in [0, 0.1) is 0 Å². The Labute approximate surface area is 150 Å². The van der Waals surface area contributed by atoms with Crippen LogP contribution in [0.15, 0.2) is 24.3 Å². The minimum atomic E-state index is -6.13. The zero-order valence-corrected chi connectivity index (χ0v) is 15.1. The minimum Gasteiger partial charge on any atom is -0.743 e. The van der Waals surface area contributed by atoms with Gasteiger partial charge in [0.1, 0.15) is 5.75 Å². The molecular formula is C16H20F3O6S-. The van der Waals surface area contributed by atoms with E-state index < -0.39 is 47.1 Å². The standard InChI is InChI=1S/C16H21F3O6S/c1-3-11(2)12-4-6-13(7-5-12)25-10-15(20)24-9-8-14(17)16(18,19)26(21,22)23/h4-7,11,14H,3,8-10H2,1-2H3,(H,21,22,23)/p-1. The summed E-state index contributed by atoms with van der Waals surface area (Å²) in [5.41, 5.74) is 1.10. The van der Waals surface area contributed by atoms with Gasteiger partial charge in [-0.15, -0.1) is 0 Å². The van der Waals surface area contributed by atoms with E-state index in [0.29, 0.717) is 11.7 Å². The van der Waals surface area contributed by atoms with E-state index in [1.807, 2.05) is 12.1 Å². The molecule has 10 heteroatoms. The van der Waals surface area contributed by atoms with E-state index >= 15 is 0 Å². The number of alkyl halides is 3. The molecule has 0 bridgehead atoms. The molecule has 1 aromatic carbocycles. The summed E-state index contributed by atoms with van der Waals surface area (Å²) in [5.74, 6) is -0.184. The molecule has 148 valence electrons. The summed E-state index contributed by atoms with van der Waals surface area (Å²) in [5, 5.41) is -5.08. The van der Waals surface area contributed by atoms with Gasteiger partial charge in [0, 0.05) is 6.42 Å². The molecule has 0 aliphatic carbocycles. The van der Waals surface area contributed by atoms with Gasteiger partial charge in [-0.1, -0.05) is 26.0 Å². The smallest absolute Gasteiger partial charge is 0.364 e. The van der Waals surface area contributed by atoms with Crippen molar-refractivity contribution in [3.63, 3.8) is 0 Å². The van der Waals surface area contributed by atoms with Crippen molar-refractivity contribution in [1.82, 2.24) is 0 Å². The normalized spacial score (nSPS) is 14.5. The first-order valence-corrected chi connectivity index (χ1v) is 9.25. The second-order valence-corrected chi connectivity index (χ2v) is 7.11. The number of esters is 1. The molecule has 0 saturated heterocycles. The van der Waals surface area contributed by atoms with Gasteiger partial charge in [-0.05, 0) is 30.0 Å². The molecule has 0 aliphatic rings. The van der Waals surface area contributed by atoms with Crippen molar-refractivity contribution in [2.45, 2.75) is 44.0 Å². The number of rotatable bonds is 10. The van der Waals surface area contributed by atoms with Crippen LogP contribution >= 0.6 is 0 Å². The largest absolute Gasteiger partial charge is 0.743 e. The van der Waals surface area contributed by atoms with Crippen LogP contribution in [0.3, 0.4) is 0 Å². The van der Waals surface area contributed by atoms with Crippen LogP contribution in [0.1, 0.15) is 38.2 Å². The molecule has 0 N–H and O–H groups in total. The Balaban J connectivity index is 2.39. The summed E-state index contributed by atoms with van der Waals surface area (Å²) in [6, 6.07) is 7.00. The zero-order valence-electron chi connectivity index (χ0n) is 14.3. The molecule has 0 aromatic heterocycles. The van der Waals surface area contributed by atoms with Crippen molar-refractivity contribution >= 4 is 16.1 Å². The Bertz CT molecular complexity index is 690. The number of carbonyl (C=O) groups excluding carboxylic acids is 1. The highest BCUT2D eigenvalue weighted by Crippen LogP contribution is 2.29. The third-order valence-electron chi connectivity index (χ3n) is 3.75.